The summed E-state index contributed by atoms with van der Waals surface area (Å²) in [5.74, 6) is -0.662. The minimum Gasteiger partial charge on any atom is -0.467 e. The molecule has 3 rings (SSSR count). The summed E-state index contributed by atoms with van der Waals surface area (Å²) < 4.78 is 10.2. The molecule has 1 aliphatic rings. The average molecular weight is 402 g/mol. The van der Waals surface area contributed by atoms with Gasteiger partial charge >= 0.3 is 5.97 Å². The highest BCUT2D eigenvalue weighted by molar-refractivity contribution is 8.18. The number of nitrogens with zero attached hydrogens (tertiary/aromatic N) is 2. The Labute approximate surface area is 163 Å². The summed E-state index contributed by atoms with van der Waals surface area (Å²) in [7, 11) is 1.17. The van der Waals surface area contributed by atoms with Crippen molar-refractivity contribution < 1.29 is 28.5 Å². The van der Waals surface area contributed by atoms with Crippen LogP contribution < -0.4 is 0 Å². The third kappa shape index (κ3) is 3.67. The van der Waals surface area contributed by atoms with Gasteiger partial charge in [0.2, 0.25) is 0 Å². The molecule has 1 atom stereocenters. The number of hydrogen-bond acceptors (Lipinski definition) is 8. The standard InChI is InChI=1S/C18H14N2O7S/c1-10(17(22)26-2)19-16(21)15(28-18(19)23)9-13-6-7-14(27-13)11-4-3-5-12(8-11)20(24)25/h3-10H,1-2H3/b15-9+/t10-/m0/s1. The first-order valence-electron chi connectivity index (χ1n) is 8.01. The zero-order valence-corrected chi connectivity index (χ0v) is 15.6. The van der Waals surface area contributed by atoms with Gasteiger partial charge in [-0.1, -0.05) is 12.1 Å². The number of nitro benzene ring substituents is 1. The van der Waals surface area contributed by atoms with Crippen molar-refractivity contribution in [2.75, 3.05) is 7.11 Å². The van der Waals surface area contributed by atoms with Gasteiger partial charge in [-0.05, 0) is 30.8 Å². The minimum absolute atomic E-state index is 0.0756. The zero-order chi connectivity index (χ0) is 20.4. The Bertz CT molecular complexity index is 1010. The number of ether oxygens (including phenoxy) is 1. The molecule has 0 N–H and O–H groups in total. The van der Waals surface area contributed by atoms with E-state index in [-0.39, 0.29) is 16.4 Å². The summed E-state index contributed by atoms with van der Waals surface area (Å²) in [6.07, 6.45) is 1.38. The Balaban J connectivity index is 1.85. The van der Waals surface area contributed by atoms with E-state index in [0.717, 1.165) is 4.90 Å². The van der Waals surface area contributed by atoms with Gasteiger partial charge in [0.05, 0.1) is 16.9 Å². The van der Waals surface area contributed by atoms with E-state index >= 15 is 0 Å². The Morgan fingerprint density at radius 3 is 2.75 bits per heavy atom. The summed E-state index contributed by atoms with van der Waals surface area (Å²) in [5.41, 5.74) is 0.426. The highest BCUT2D eigenvalue weighted by Gasteiger charge is 2.41. The Hall–Kier alpha value is -3.40. The van der Waals surface area contributed by atoms with Crippen LogP contribution in [0.4, 0.5) is 10.5 Å². The molecule has 0 saturated carbocycles. The molecule has 2 aromatic rings. The van der Waals surface area contributed by atoms with E-state index in [2.05, 4.69) is 4.74 Å². The molecule has 0 radical (unpaired) electrons. The number of carbonyl (C=O) groups excluding carboxylic acids is 3. The number of benzene rings is 1. The summed E-state index contributed by atoms with van der Waals surface area (Å²) in [6.45, 7) is 1.40. The molecule has 1 saturated heterocycles. The molecule has 2 heterocycles. The summed E-state index contributed by atoms with van der Waals surface area (Å²) in [6, 6.07) is 8.07. The van der Waals surface area contributed by atoms with Crippen molar-refractivity contribution in [3.05, 3.63) is 57.2 Å². The predicted octanol–water partition coefficient (Wildman–Crippen LogP) is 3.45. The van der Waals surface area contributed by atoms with Crippen molar-refractivity contribution in [1.29, 1.82) is 0 Å². The van der Waals surface area contributed by atoms with Gasteiger partial charge in [-0.2, -0.15) is 0 Å². The first-order chi connectivity index (χ1) is 13.3. The second kappa shape index (κ2) is 7.69. The lowest BCUT2D eigenvalue weighted by Gasteiger charge is -2.18. The normalized spacial score (nSPS) is 16.5. The molecular formula is C18H14N2O7S. The molecule has 1 aromatic heterocycles. The maximum atomic E-state index is 12.5. The summed E-state index contributed by atoms with van der Waals surface area (Å²) >= 11 is 0.686. The van der Waals surface area contributed by atoms with Crippen molar-refractivity contribution in [1.82, 2.24) is 4.90 Å². The smallest absolute Gasteiger partial charge is 0.328 e. The first kappa shape index (κ1) is 19.4. The van der Waals surface area contributed by atoms with Crippen LogP contribution in [0.5, 0.6) is 0 Å². The highest BCUT2D eigenvalue weighted by Crippen LogP contribution is 2.35. The van der Waals surface area contributed by atoms with Crippen LogP contribution in [0.15, 0.2) is 45.7 Å². The van der Waals surface area contributed by atoms with Gasteiger partial charge in [-0.25, -0.2) is 4.79 Å². The molecule has 1 fully saturated rings. The van der Waals surface area contributed by atoms with Crippen LogP contribution in [-0.2, 0) is 14.3 Å². The number of furan rings is 1. The number of hydrogen-bond donors (Lipinski definition) is 0. The van der Waals surface area contributed by atoms with Crippen LogP contribution >= 0.6 is 11.8 Å². The molecule has 0 aliphatic carbocycles. The fourth-order valence-electron chi connectivity index (χ4n) is 2.58. The highest BCUT2D eigenvalue weighted by atomic mass is 32.2. The molecule has 144 valence electrons. The number of rotatable bonds is 5. The average Bonchev–Trinajstić information content (AvgIpc) is 3.25. The molecular weight excluding hydrogens is 388 g/mol. The van der Waals surface area contributed by atoms with Crippen LogP contribution in [0, 0.1) is 10.1 Å². The van der Waals surface area contributed by atoms with E-state index in [4.69, 9.17) is 4.42 Å². The second-order valence-electron chi connectivity index (χ2n) is 5.76. The quantitative estimate of drug-likeness (QED) is 0.323. The van der Waals surface area contributed by atoms with Crippen LogP contribution in [-0.4, -0.2) is 40.1 Å². The zero-order valence-electron chi connectivity index (χ0n) is 14.8. The Morgan fingerprint density at radius 1 is 1.32 bits per heavy atom. The van der Waals surface area contributed by atoms with Gasteiger partial charge in [0.15, 0.2) is 0 Å². The molecule has 28 heavy (non-hydrogen) atoms. The van der Waals surface area contributed by atoms with Crippen molar-refractivity contribution in [2.24, 2.45) is 0 Å². The van der Waals surface area contributed by atoms with E-state index in [1.165, 1.54) is 38.3 Å². The Kier molecular flexibility index (Phi) is 5.32. The van der Waals surface area contributed by atoms with E-state index in [9.17, 15) is 24.5 Å². The van der Waals surface area contributed by atoms with Gasteiger partial charge < -0.3 is 9.15 Å². The number of nitro groups is 1. The van der Waals surface area contributed by atoms with Gasteiger partial charge in [0, 0.05) is 23.8 Å². The fraction of sp³-hybridized carbons (Fsp3) is 0.167. The fourth-order valence-corrected chi connectivity index (χ4v) is 3.47. The van der Waals surface area contributed by atoms with Crippen molar-refractivity contribution in [2.45, 2.75) is 13.0 Å². The maximum absolute atomic E-state index is 12.5. The largest absolute Gasteiger partial charge is 0.467 e. The number of thioether (sulfide) groups is 1. The third-order valence-electron chi connectivity index (χ3n) is 3.99. The molecule has 1 aromatic carbocycles. The first-order valence-corrected chi connectivity index (χ1v) is 8.83. The summed E-state index contributed by atoms with van der Waals surface area (Å²) in [5, 5.41) is 10.3. The third-order valence-corrected chi connectivity index (χ3v) is 4.88. The van der Waals surface area contributed by atoms with Gasteiger partial charge in [-0.15, -0.1) is 0 Å². The topological polar surface area (TPSA) is 120 Å². The van der Waals surface area contributed by atoms with Crippen LogP contribution in [0.2, 0.25) is 0 Å². The number of esters is 1. The van der Waals surface area contributed by atoms with Crippen LogP contribution in [0.25, 0.3) is 17.4 Å². The number of carbonyl (C=O) groups is 3. The van der Waals surface area contributed by atoms with Gasteiger partial charge in [-0.3, -0.25) is 24.6 Å². The minimum atomic E-state index is -1.04. The SMILES string of the molecule is COC(=O)[C@H](C)N1C(=O)S/C(=C/c2ccc(-c3cccc([N+](=O)[O-])c3)o2)C1=O. The molecule has 2 amide bonds. The van der Waals surface area contributed by atoms with E-state index in [1.54, 1.807) is 18.2 Å². The lowest BCUT2D eigenvalue weighted by Crippen LogP contribution is -2.42. The molecule has 10 heteroatoms. The van der Waals surface area contributed by atoms with Gasteiger partial charge in [0.25, 0.3) is 16.8 Å². The van der Waals surface area contributed by atoms with E-state index in [1.807, 2.05) is 0 Å². The Morgan fingerprint density at radius 2 is 2.07 bits per heavy atom. The number of non-ortho nitro benzene ring substituents is 1. The molecule has 9 nitrogen and oxygen atoms in total. The summed E-state index contributed by atoms with van der Waals surface area (Å²) in [4.78, 5) is 47.5. The lowest BCUT2D eigenvalue weighted by atomic mass is 10.1. The van der Waals surface area contributed by atoms with Crippen molar-refractivity contribution in [3.63, 3.8) is 0 Å². The second-order valence-corrected chi connectivity index (χ2v) is 6.75. The molecule has 0 unspecified atom stereocenters. The lowest BCUT2D eigenvalue weighted by molar-refractivity contribution is -0.384. The van der Waals surface area contributed by atoms with Gasteiger partial charge in [0.1, 0.15) is 17.6 Å². The predicted molar refractivity (Wildman–Crippen MR) is 100 cm³/mol. The number of methoxy groups -OCH3 is 1. The number of imide groups is 1. The maximum Gasteiger partial charge on any atom is 0.328 e. The van der Waals surface area contributed by atoms with Crippen LogP contribution in [0.3, 0.4) is 0 Å². The van der Waals surface area contributed by atoms with E-state index in [0.29, 0.717) is 23.1 Å². The van der Waals surface area contributed by atoms with Crippen molar-refractivity contribution >= 4 is 40.6 Å². The number of amides is 2. The molecule has 0 spiro atoms. The van der Waals surface area contributed by atoms with Crippen molar-refractivity contribution in [3.8, 4) is 11.3 Å². The molecule has 0 bridgehead atoms. The van der Waals surface area contributed by atoms with Crippen LogP contribution in [0.1, 0.15) is 12.7 Å². The monoisotopic (exact) mass is 402 g/mol. The molecule has 1 aliphatic heterocycles. The van der Waals surface area contributed by atoms with E-state index < -0.39 is 28.1 Å².